The summed E-state index contributed by atoms with van der Waals surface area (Å²) >= 11 is 4.37. The summed E-state index contributed by atoms with van der Waals surface area (Å²) in [6.45, 7) is 0.837. The molecule has 0 atom stereocenters. The minimum absolute atomic E-state index is 0.0250. The van der Waals surface area contributed by atoms with Crippen molar-refractivity contribution < 1.29 is 26.4 Å². The summed E-state index contributed by atoms with van der Waals surface area (Å²) in [5.74, 6) is -0.240. The molecule has 1 aliphatic heterocycles. The van der Waals surface area contributed by atoms with Gasteiger partial charge in [-0.05, 0) is 45.8 Å². The number of halogens is 4. The van der Waals surface area contributed by atoms with Gasteiger partial charge in [0.25, 0.3) is 10.0 Å². The lowest BCUT2D eigenvalue weighted by molar-refractivity contribution is -0.137. The van der Waals surface area contributed by atoms with Crippen molar-refractivity contribution in [3.63, 3.8) is 0 Å². The van der Waals surface area contributed by atoms with Crippen LogP contribution in [0.15, 0.2) is 44.4 Å². The standard InChI is InChI=1S/C17H16BrF3N2O3S2/c18-14-5-6-16(27-14)28(25,26)23-9-7-22(8-10-23)15(24)11-12-1-3-13(4-2-12)17(19,20)21/h1-6H,7-11H2. The van der Waals surface area contributed by atoms with Gasteiger partial charge >= 0.3 is 6.18 Å². The van der Waals surface area contributed by atoms with Crippen molar-refractivity contribution in [2.24, 2.45) is 0 Å². The third kappa shape index (κ3) is 4.76. The average Bonchev–Trinajstić information content (AvgIpc) is 3.09. The number of benzene rings is 1. The second kappa shape index (κ2) is 8.13. The number of hydrogen-bond acceptors (Lipinski definition) is 4. The van der Waals surface area contributed by atoms with Gasteiger partial charge in [0.1, 0.15) is 4.21 Å². The van der Waals surface area contributed by atoms with Crippen LogP contribution in [0.2, 0.25) is 0 Å². The van der Waals surface area contributed by atoms with Gasteiger partial charge in [0.15, 0.2) is 0 Å². The van der Waals surface area contributed by atoms with Crippen molar-refractivity contribution in [1.82, 2.24) is 9.21 Å². The van der Waals surface area contributed by atoms with E-state index in [0.717, 1.165) is 27.3 Å². The lowest BCUT2D eigenvalue weighted by Gasteiger charge is -2.33. The molecular weight excluding hydrogens is 481 g/mol. The van der Waals surface area contributed by atoms with Crippen molar-refractivity contribution in [2.75, 3.05) is 26.2 Å². The first-order valence-electron chi connectivity index (χ1n) is 8.27. The Balaban J connectivity index is 1.58. The van der Waals surface area contributed by atoms with Gasteiger partial charge in [0, 0.05) is 26.2 Å². The van der Waals surface area contributed by atoms with Crippen LogP contribution < -0.4 is 0 Å². The van der Waals surface area contributed by atoms with E-state index in [4.69, 9.17) is 0 Å². The van der Waals surface area contributed by atoms with Crippen LogP contribution >= 0.6 is 27.3 Å². The number of carbonyl (C=O) groups is 1. The third-order valence-electron chi connectivity index (χ3n) is 4.37. The Bertz CT molecular complexity index is 951. The van der Waals surface area contributed by atoms with E-state index >= 15 is 0 Å². The van der Waals surface area contributed by atoms with Crippen LogP contribution in [-0.2, 0) is 27.4 Å². The molecule has 0 N–H and O–H groups in total. The number of sulfonamides is 1. The van der Waals surface area contributed by atoms with Gasteiger partial charge < -0.3 is 4.90 Å². The number of alkyl halides is 3. The molecule has 0 spiro atoms. The van der Waals surface area contributed by atoms with E-state index in [1.807, 2.05) is 0 Å². The number of nitrogens with zero attached hydrogens (tertiary/aromatic N) is 2. The fraction of sp³-hybridized carbons (Fsp3) is 0.353. The Morgan fingerprint density at radius 3 is 2.14 bits per heavy atom. The van der Waals surface area contributed by atoms with Crippen molar-refractivity contribution in [3.05, 3.63) is 51.3 Å². The summed E-state index contributed by atoms with van der Waals surface area (Å²) in [5.41, 5.74) is -0.278. The summed E-state index contributed by atoms with van der Waals surface area (Å²) in [6, 6.07) is 7.68. The maximum Gasteiger partial charge on any atom is 0.416 e. The largest absolute Gasteiger partial charge is 0.416 e. The fourth-order valence-corrected chi connectivity index (χ4v) is 6.43. The number of rotatable bonds is 4. The number of hydrogen-bond donors (Lipinski definition) is 0. The zero-order valence-electron chi connectivity index (χ0n) is 14.4. The number of piperazine rings is 1. The van der Waals surface area contributed by atoms with Crippen molar-refractivity contribution >= 4 is 43.2 Å². The molecule has 0 aliphatic carbocycles. The average molecular weight is 497 g/mol. The summed E-state index contributed by atoms with van der Waals surface area (Å²) in [6.07, 6.45) is -4.44. The van der Waals surface area contributed by atoms with Crippen molar-refractivity contribution in [2.45, 2.75) is 16.8 Å². The maximum atomic E-state index is 12.6. The van der Waals surface area contributed by atoms with E-state index in [9.17, 15) is 26.4 Å². The lowest BCUT2D eigenvalue weighted by atomic mass is 10.1. The first-order chi connectivity index (χ1) is 13.1. The van der Waals surface area contributed by atoms with Gasteiger partial charge in [0.2, 0.25) is 5.91 Å². The molecule has 152 valence electrons. The smallest absolute Gasteiger partial charge is 0.340 e. The van der Waals surface area contributed by atoms with Gasteiger partial charge in [-0.1, -0.05) is 12.1 Å². The SMILES string of the molecule is O=C(Cc1ccc(C(F)(F)F)cc1)N1CCN(S(=O)(=O)c2ccc(Br)s2)CC1. The monoisotopic (exact) mass is 496 g/mol. The van der Waals surface area contributed by atoms with Gasteiger partial charge in [-0.15, -0.1) is 11.3 Å². The summed E-state index contributed by atoms with van der Waals surface area (Å²) in [4.78, 5) is 13.9. The maximum absolute atomic E-state index is 12.6. The number of thiophene rings is 1. The molecule has 1 aliphatic rings. The van der Waals surface area contributed by atoms with Crippen LogP contribution in [0.1, 0.15) is 11.1 Å². The molecule has 3 rings (SSSR count). The first kappa shape index (κ1) is 21.3. The number of amides is 1. The third-order valence-corrected chi connectivity index (χ3v) is 8.36. The quantitative estimate of drug-likeness (QED) is 0.649. The molecule has 2 aromatic rings. The molecule has 5 nitrogen and oxygen atoms in total. The molecule has 0 saturated carbocycles. The molecule has 1 aromatic heterocycles. The predicted molar refractivity (Wildman–Crippen MR) is 103 cm³/mol. The Labute approximate surface area is 172 Å². The molecule has 1 saturated heterocycles. The van der Waals surface area contributed by atoms with E-state index in [2.05, 4.69) is 15.9 Å². The molecule has 2 heterocycles. The molecular formula is C17H16BrF3N2O3S2. The summed E-state index contributed by atoms with van der Waals surface area (Å²) < 4.78 is 65.3. The van der Waals surface area contributed by atoms with E-state index < -0.39 is 21.8 Å². The van der Waals surface area contributed by atoms with Crippen LogP contribution in [0.5, 0.6) is 0 Å². The van der Waals surface area contributed by atoms with Crippen molar-refractivity contribution in [3.8, 4) is 0 Å². The van der Waals surface area contributed by atoms with Crippen LogP contribution in [0.25, 0.3) is 0 Å². The lowest BCUT2D eigenvalue weighted by Crippen LogP contribution is -2.50. The predicted octanol–water partition coefficient (Wildman–Crippen LogP) is 3.61. The minimum atomic E-state index is -4.41. The van der Waals surface area contributed by atoms with E-state index in [1.165, 1.54) is 27.4 Å². The summed E-state index contributed by atoms with van der Waals surface area (Å²) in [7, 11) is -3.59. The topological polar surface area (TPSA) is 57.7 Å². The first-order valence-corrected chi connectivity index (χ1v) is 11.3. The van der Waals surface area contributed by atoms with E-state index in [1.54, 1.807) is 6.07 Å². The van der Waals surface area contributed by atoms with Gasteiger partial charge in [-0.25, -0.2) is 8.42 Å². The molecule has 1 amide bonds. The Morgan fingerprint density at radius 1 is 1.04 bits per heavy atom. The van der Waals surface area contributed by atoms with Crippen molar-refractivity contribution in [1.29, 1.82) is 0 Å². The highest BCUT2D eigenvalue weighted by molar-refractivity contribution is 9.11. The van der Waals surface area contributed by atoms with Crippen LogP contribution in [-0.4, -0.2) is 49.7 Å². The molecule has 1 fully saturated rings. The molecule has 28 heavy (non-hydrogen) atoms. The number of carbonyl (C=O) groups excluding carboxylic acids is 1. The second-order valence-corrected chi connectivity index (χ2v) is 10.8. The van der Waals surface area contributed by atoms with E-state index in [-0.39, 0.29) is 42.7 Å². The molecule has 0 unspecified atom stereocenters. The zero-order valence-corrected chi connectivity index (χ0v) is 17.7. The molecule has 11 heteroatoms. The fourth-order valence-electron chi connectivity index (χ4n) is 2.84. The highest BCUT2D eigenvalue weighted by Crippen LogP contribution is 2.30. The minimum Gasteiger partial charge on any atom is -0.340 e. The highest BCUT2D eigenvalue weighted by atomic mass is 79.9. The van der Waals surface area contributed by atoms with Gasteiger partial charge in [-0.3, -0.25) is 4.79 Å². The molecule has 0 bridgehead atoms. The Hall–Kier alpha value is -1.43. The van der Waals surface area contributed by atoms with Gasteiger partial charge in [0.05, 0.1) is 15.8 Å². The highest BCUT2D eigenvalue weighted by Gasteiger charge is 2.32. The van der Waals surface area contributed by atoms with Gasteiger partial charge in [-0.2, -0.15) is 17.5 Å². The second-order valence-electron chi connectivity index (χ2n) is 6.21. The normalized spacial score (nSPS) is 16.4. The van der Waals surface area contributed by atoms with E-state index in [0.29, 0.717) is 5.56 Å². The van der Waals surface area contributed by atoms with Crippen LogP contribution in [0.4, 0.5) is 13.2 Å². The molecule has 1 aromatic carbocycles. The Morgan fingerprint density at radius 2 is 1.64 bits per heavy atom. The summed E-state index contributed by atoms with van der Waals surface area (Å²) in [5, 5.41) is 0. The van der Waals surface area contributed by atoms with Crippen LogP contribution in [0.3, 0.4) is 0 Å². The Kier molecular flexibility index (Phi) is 6.18. The molecule has 0 radical (unpaired) electrons. The van der Waals surface area contributed by atoms with Crippen LogP contribution in [0, 0.1) is 0 Å². The zero-order chi connectivity index (χ0) is 20.5.